The number of non-ortho nitro benzene ring substituents is 1. The number of hydrogen-bond donors (Lipinski definition) is 1. The van der Waals surface area contributed by atoms with Gasteiger partial charge in [0.05, 0.1) is 31.1 Å². The first-order valence-electron chi connectivity index (χ1n) is 7.88. The van der Waals surface area contributed by atoms with E-state index in [4.69, 9.17) is 9.47 Å². The lowest BCUT2D eigenvalue weighted by Crippen LogP contribution is -2.19. The number of carbonyl (C=O) groups excluding carboxylic acids is 1. The highest BCUT2D eigenvalue weighted by molar-refractivity contribution is 7.99. The summed E-state index contributed by atoms with van der Waals surface area (Å²) < 4.78 is 10.4. The highest BCUT2D eigenvalue weighted by Crippen LogP contribution is 2.22. The van der Waals surface area contributed by atoms with Crippen LogP contribution >= 0.6 is 11.8 Å². The molecule has 0 saturated heterocycles. The van der Waals surface area contributed by atoms with Crippen molar-refractivity contribution in [3.8, 4) is 11.5 Å². The molecule has 2 rings (SSSR count). The quantitative estimate of drug-likeness (QED) is 0.402. The molecule has 0 saturated carbocycles. The SMILES string of the molecule is COc1ccc(OC)c(/C=N\NC(=O)CSCc2ccc([N+](=O)[O-])cc2)c1. The van der Waals surface area contributed by atoms with Crippen molar-refractivity contribution in [1.82, 2.24) is 5.43 Å². The molecule has 8 nitrogen and oxygen atoms in total. The second-order valence-corrected chi connectivity index (χ2v) is 6.30. The van der Waals surface area contributed by atoms with Crippen LogP contribution in [0, 0.1) is 10.1 Å². The van der Waals surface area contributed by atoms with Gasteiger partial charge >= 0.3 is 0 Å². The van der Waals surface area contributed by atoms with Gasteiger partial charge in [0.2, 0.25) is 5.91 Å². The Kier molecular flexibility index (Phi) is 7.63. The number of nitrogens with zero attached hydrogens (tertiary/aromatic N) is 2. The summed E-state index contributed by atoms with van der Waals surface area (Å²) in [5, 5.41) is 14.5. The summed E-state index contributed by atoms with van der Waals surface area (Å²) in [5.74, 6) is 1.80. The van der Waals surface area contributed by atoms with E-state index in [2.05, 4.69) is 10.5 Å². The maximum Gasteiger partial charge on any atom is 0.269 e. The van der Waals surface area contributed by atoms with Crippen LogP contribution in [0.4, 0.5) is 5.69 Å². The van der Waals surface area contributed by atoms with Crippen LogP contribution in [0.3, 0.4) is 0 Å². The van der Waals surface area contributed by atoms with Gasteiger partial charge in [-0.3, -0.25) is 14.9 Å². The summed E-state index contributed by atoms with van der Waals surface area (Å²) in [6.07, 6.45) is 1.49. The molecular formula is C18H19N3O5S. The summed E-state index contributed by atoms with van der Waals surface area (Å²) in [5.41, 5.74) is 4.08. The van der Waals surface area contributed by atoms with Crippen molar-refractivity contribution in [2.45, 2.75) is 5.75 Å². The first-order chi connectivity index (χ1) is 13.0. The molecule has 0 spiro atoms. The lowest BCUT2D eigenvalue weighted by molar-refractivity contribution is -0.384. The van der Waals surface area contributed by atoms with E-state index >= 15 is 0 Å². The number of amides is 1. The van der Waals surface area contributed by atoms with Gasteiger partial charge in [0.15, 0.2) is 0 Å². The first-order valence-corrected chi connectivity index (χ1v) is 9.04. The maximum absolute atomic E-state index is 11.9. The van der Waals surface area contributed by atoms with E-state index in [0.717, 1.165) is 5.56 Å². The second-order valence-electron chi connectivity index (χ2n) is 5.32. The maximum atomic E-state index is 11.9. The smallest absolute Gasteiger partial charge is 0.269 e. The molecule has 1 N–H and O–H groups in total. The number of nitro groups is 1. The van der Waals surface area contributed by atoms with Crippen LogP contribution in [-0.2, 0) is 10.5 Å². The minimum atomic E-state index is -0.445. The number of benzene rings is 2. The van der Waals surface area contributed by atoms with Crippen LogP contribution in [-0.4, -0.2) is 37.0 Å². The van der Waals surface area contributed by atoms with E-state index in [9.17, 15) is 14.9 Å². The van der Waals surface area contributed by atoms with Gasteiger partial charge < -0.3 is 9.47 Å². The van der Waals surface area contributed by atoms with E-state index in [1.165, 1.54) is 30.1 Å². The van der Waals surface area contributed by atoms with Gasteiger partial charge in [-0.05, 0) is 23.8 Å². The number of nitrogens with one attached hydrogen (secondary N) is 1. The van der Waals surface area contributed by atoms with Gasteiger partial charge in [0.1, 0.15) is 11.5 Å². The zero-order valence-electron chi connectivity index (χ0n) is 14.9. The molecule has 142 valence electrons. The molecule has 27 heavy (non-hydrogen) atoms. The summed E-state index contributed by atoms with van der Waals surface area (Å²) in [6, 6.07) is 11.5. The number of hydrogen-bond acceptors (Lipinski definition) is 7. The standard InChI is InChI=1S/C18H19N3O5S/c1-25-16-7-8-17(26-2)14(9-16)10-19-20-18(22)12-27-11-13-3-5-15(6-4-13)21(23)24/h3-10H,11-12H2,1-2H3,(H,20,22)/b19-10-. The predicted octanol–water partition coefficient (Wildman–Crippen LogP) is 3.00. The normalized spacial score (nSPS) is 10.6. The monoisotopic (exact) mass is 389 g/mol. The molecule has 0 atom stereocenters. The van der Waals surface area contributed by atoms with Crippen molar-refractivity contribution in [2.24, 2.45) is 5.10 Å². The third kappa shape index (κ3) is 6.30. The van der Waals surface area contributed by atoms with Gasteiger partial charge in [0, 0.05) is 23.4 Å². The Balaban J connectivity index is 1.80. The molecule has 0 unspecified atom stereocenters. The van der Waals surface area contributed by atoms with Crippen molar-refractivity contribution in [3.63, 3.8) is 0 Å². The molecule has 2 aromatic rings. The fourth-order valence-electron chi connectivity index (χ4n) is 2.12. The Morgan fingerprint density at radius 1 is 1.22 bits per heavy atom. The van der Waals surface area contributed by atoms with Gasteiger partial charge in [-0.2, -0.15) is 5.10 Å². The first kappa shape index (κ1) is 20.2. The summed E-state index contributed by atoms with van der Waals surface area (Å²) >= 11 is 1.39. The Morgan fingerprint density at radius 2 is 1.96 bits per heavy atom. The summed E-state index contributed by atoms with van der Waals surface area (Å²) in [7, 11) is 3.11. The third-order valence-electron chi connectivity index (χ3n) is 3.48. The number of ether oxygens (including phenoxy) is 2. The van der Waals surface area contributed by atoms with E-state index in [0.29, 0.717) is 22.8 Å². The van der Waals surface area contributed by atoms with Crippen LogP contribution in [0.5, 0.6) is 11.5 Å². The molecule has 1 amide bonds. The van der Waals surface area contributed by atoms with Crippen molar-refractivity contribution in [1.29, 1.82) is 0 Å². The van der Waals surface area contributed by atoms with Gasteiger partial charge in [-0.25, -0.2) is 5.43 Å². The fraction of sp³-hybridized carbons (Fsp3) is 0.222. The molecule has 0 radical (unpaired) electrons. The Morgan fingerprint density at radius 3 is 2.59 bits per heavy atom. The molecule has 2 aromatic carbocycles. The Hall–Kier alpha value is -3.07. The molecule has 0 aliphatic heterocycles. The van der Waals surface area contributed by atoms with Crippen LogP contribution in [0.2, 0.25) is 0 Å². The Bertz CT molecular complexity index is 824. The van der Waals surface area contributed by atoms with E-state index < -0.39 is 4.92 Å². The zero-order valence-corrected chi connectivity index (χ0v) is 15.7. The Labute approximate surface area is 160 Å². The van der Waals surface area contributed by atoms with Crippen molar-refractivity contribution in [3.05, 3.63) is 63.7 Å². The highest BCUT2D eigenvalue weighted by Gasteiger charge is 2.06. The van der Waals surface area contributed by atoms with E-state index in [1.807, 2.05) is 0 Å². The summed E-state index contributed by atoms with van der Waals surface area (Å²) in [6.45, 7) is 0. The van der Waals surface area contributed by atoms with Gasteiger partial charge in [-0.1, -0.05) is 12.1 Å². The van der Waals surface area contributed by atoms with Crippen LogP contribution < -0.4 is 14.9 Å². The minimum absolute atomic E-state index is 0.0452. The molecule has 0 heterocycles. The summed E-state index contributed by atoms with van der Waals surface area (Å²) in [4.78, 5) is 22.0. The molecule has 0 aromatic heterocycles. The van der Waals surface area contributed by atoms with Crippen molar-refractivity contribution < 1.29 is 19.2 Å². The highest BCUT2D eigenvalue weighted by atomic mass is 32.2. The van der Waals surface area contributed by atoms with Gasteiger partial charge in [0.25, 0.3) is 5.69 Å². The number of nitro benzene ring substituents is 1. The van der Waals surface area contributed by atoms with E-state index in [1.54, 1.807) is 44.6 Å². The topological polar surface area (TPSA) is 103 Å². The average molecular weight is 389 g/mol. The van der Waals surface area contributed by atoms with Crippen LogP contribution in [0.1, 0.15) is 11.1 Å². The van der Waals surface area contributed by atoms with Crippen LogP contribution in [0.25, 0.3) is 0 Å². The number of methoxy groups -OCH3 is 2. The zero-order chi connectivity index (χ0) is 19.6. The molecule has 0 fully saturated rings. The lowest BCUT2D eigenvalue weighted by atomic mass is 10.2. The lowest BCUT2D eigenvalue weighted by Gasteiger charge is -2.06. The average Bonchev–Trinajstić information content (AvgIpc) is 2.68. The molecule has 0 bridgehead atoms. The number of carbonyl (C=O) groups is 1. The molecule has 9 heteroatoms. The van der Waals surface area contributed by atoms with Gasteiger partial charge in [-0.15, -0.1) is 11.8 Å². The molecule has 0 aliphatic carbocycles. The second kappa shape index (κ2) is 10.2. The molecular weight excluding hydrogens is 370 g/mol. The number of thioether (sulfide) groups is 1. The van der Waals surface area contributed by atoms with Crippen molar-refractivity contribution >= 4 is 29.6 Å². The number of hydrazone groups is 1. The minimum Gasteiger partial charge on any atom is -0.497 e. The number of rotatable bonds is 9. The van der Waals surface area contributed by atoms with Crippen LogP contribution in [0.15, 0.2) is 47.6 Å². The van der Waals surface area contributed by atoms with E-state index in [-0.39, 0.29) is 17.3 Å². The third-order valence-corrected chi connectivity index (χ3v) is 4.48. The predicted molar refractivity (Wildman–Crippen MR) is 105 cm³/mol. The fourth-order valence-corrected chi connectivity index (χ4v) is 2.90. The largest absolute Gasteiger partial charge is 0.497 e. The molecule has 0 aliphatic rings. The van der Waals surface area contributed by atoms with Crippen molar-refractivity contribution in [2.75, 3.05) is 20.0 Å².